The van der Waals surface area contributed by atoms with Crippen LogP contribution in [0, 0.1) is 0 Å². The molecule has 1 aromatic rings. The van der Waals surface area contributed by atoms with Crippen LogP contribution in [0.3, 0.4) is 0 Å². The van der Waals surface area contributed by atoms with Gasteiger partial charge in [-0.05, 0) is 36.7 Å². The third-order valence-corrected chi connectivity index (χ3v) is 2.47. The summed E-state index contributed by atoms with van der Waals surface area (Å²) < 4.78 is 0. The molecule has 0 heterocycles. The minimum Gasteiger partial charge on any atom is -0.390 e. The van der Waals surface area contributed by atoms with Crippen molar-refractivity contribution in [2.45, 2.75) is 18.6 Å². The molecule has 0 bridgehead atoms. The lowest BCUT2D eigenvalue weighted by molar-refractivity contribution is 0.0150. The van der Waals surface area contributed by atoms with Crippen LogP contribution in [0.25, 0.3) is 0 Å². The zero-order valence-corrected chi connectivity index (χ0v) is 9.39. The Morgan fingerprint density at radius 1 is 1.38 bits per heavy atom. The zero-order valence-electron chi connectivity index (χ0n) is 8.64. The first-order valence-corrected chi connectivity index (χ1v) is 5.28. The Balaban J connectivity index is 2.93. The third kappa shape index (κ3) is 3.28. The molecular formula is C11H14ClNO3. The van der Waals surface area contributed by atoms with Crippen LogP contribution >= 0.6 is 11.6 Å². The second-order valence-electron chi connectivity index (χ2n) is 3.53. The summed E-state index contributed by atoms with van der Waals surface area (Å²) in [5.41, 5.74) is 6.05. The monoisotopic (exact) mass is 243 g/mol. The van der Waals surface area contributed by atoms with Crippen molar-refractivity contribution in [3.8, 4) is 0 Å². The number of aliphatic hydroxyl groups excluding tert-OH is 2. The molecule has 0 aliphatic rings. The van der Waals surface area contributed by atoms with Crippen molar-refractivity contribution in [3.63, 3.8) is 0 Å². The molecular weight excluding hydrogens is 230 g/mol. The Hall–Kier alpha value is -0.940. The van der Waals surface area contributed by atoms with Crippen LogP contribution in [-0.2, 0) is 0 Å². The van der Waals surface area contributed by atoms with Crippen molar-refractivity contribution >= 4 is 17.9 Å². The summed E-state index contributed by atoms with van der Waals surface area (Å²) in [6.07, 6.45) is -1.12. The predicted molar refractivity (Wildman–Crippen MR) is 61.5 cm³/mol. The van der Waals surface area contributed by atoms with Crippen molar-refractivity contribution < 1.29 is 15.0 Å². The molecule has 2 unspecified atom stereocenters. The number of benzene rings is 1. The predicted octanol–water partition coefficient (Wildman–Crippen LogP) is 0.896. The maximum absolute atomic E-state index is 10.6. The molecule has 0 saturated heterocycles. The Morgan fingerprint density at radius 3 is 2.62 bits per heavy atom. The molecule has 4 nitrogen and oxygen atoms in total. The Kier molecular flexibility index (Phi) is 4.89. The van der Waals surface area contributed by atoms with Gasteiger partial charge in [0, 0.05) is 10.6 Å². The minimum absolute atomic E-state index is 0.277. The van der Waals surface area contributed by atoms with E-state index in [2.05, 4.69) is 0 Å². The van der Waals surface area contributed by atoms with Gasteiger partial charge in [0.2, 0.25) is 0 Å². The standard InChI is InChI=1S/C11H14ClNO3/c12-9-4-7(6-14)3-8(5-9)11(16)10(15)1-2-13/h3-6,10-11,15-16H,1-2,13H2. The highest BCUT2D eigenvalue weighted by molar-refractivity contribution is 6.30. The number of hydrogen-bond donors (Lipinski definition) is 3. The lowest BCUT2D eigenvalue weighted by Crippen LogP contribution is -2.21. The van der Waals surface area contributed by atoms with Crippen molar-refractivity contribution in [2.75, 3.05) is 6.54 Å². The van der Waals surface area contributed by atoms with Crippen LogP contribution in [0.15, 0.2) is 18.2 Å². The number of carbonyl (C=O) groups is 1. The summed E-state index contributed by atoms with van der Waals surface area (Å²) in [7, 11) is 0. The van der Waals surface area contributed by atoms with E-state index in [1.165, 1.54) is 18.2 Å². The fourth-order valence-corrected chi connectivity index (χ4v) is 1.68. The molecule has 0 aromatic heterocycles. The highest BCUT2D eigenvalue weighted by Crippen LogP contribution is 2.23. The summed E-state index contributed by atoms with van der Waals surface area (Å²) in [5.74, 6) is 0. The molecule has 0 radical (unpaired) electrons. The van der Waals surface area contributed by atoms with E-state index in [9.17, 15) is 15.0 Å². The highest BCUT2D eigenvalue weighted by Gasteiger charge is 2.18. The molecule has 0 spiro atoms. The van der Waals surface area contributed by atoms with Crippen LogP contribution in [0.5, 0.6) is 0 Å². The normalized spacial score (nSPS) is 14.5. The number of carbonyl (C=O) groups excluding carboxylic acids is 1. The maximum Gasteiger partial charge on any atom is 0.150 e. The minimum atomic E-state index is -1.08. The van der Waals surface area contributed by atoms with Crippen LogP contribution in [0.1, 0.15) is 28.4 Å². The van der Waals surface area contributed by atoms with Crippen LogP contribution in [0.4, 0.5) is 0 Å². The van der Waals surface area contributed by atoms with E-state index in [1.807, 2.05) is 0 Å². The first kappa shape index (κ1) is 13.1. The SMILES string of the molecule is NCCC(O)C(O)c1cc(Cl)cc(C=O)c1. The molecule has 0 aliphatic heterocycles. The molecule has 0 fully saturated rings. The van der Waals surface area contributed by atoms with Gasteiger partial charge in [0.15, 0.2) is 0 Å². The molecule has 0 saturated carbocycles. The van der Waals surface area contributed by atoms with E-state index >= 15 is 0 Å². The maximum atomic E-state index is 10.6. The van der Waals surface area contributed by atoms with Gasteiger partial charge in [0.1, 0.15) is 12.4 Å². The summed E-state index contributed by atoms with van der Waals surface area (Å²) >= 11 is 5.78. The van der Waals surface area contributed by atoms with Crippen molar-refractivity contribution in [2.24, 2.45) is 5.73 Å². The Morgan fingerprint density at radius 2 is 2.06 bits per heavy atom. The molecule has 0 aliphatic carbocycles. The van der Waals surface area contributed by atoms with E-state index in [-0.39, 0.29) is 13.0 Å². The number of aliphatic hydroxyl groups is 2. The van der Waals surface area contributed by atoms with Gasteiger partial charge in [-0.1, -0.05) is 11.6 Å². The fourth-order valence-electron chi connectivity index (χ4n) is 1.43. The number of hydrogen-bond acceptors (Lipinski definition) is 4. The average molecular weight is 244 g/mol. The van der Waals surface area contributed by atoms with Crippen molar-refractivity contribution in [1.29, 1.82) is 0 Å². The Labute approximate surface area is 98.6 Å². The highest BCUT2D eigenvalue weighted by atomic mass is 35.5. The first-order valence-electron chi connectivity index (χ1n) is 4.90. The molecule has 1 rings (SSSR count). The lowest BCUT2D eigenvalue weighted by atomic mass is 10.0. The number of nitrogens with two attached hydrogens (primary N) is 1. The van der Waals surface area contributed by atoms with E-state index in [0.717, 1.165) is 0 Å². The van der Waals surface area contributed by atoms with Gasteiger partial charge in [-0.25, -0.2) is 0 Å². The zero-order chi connectivity index (χ0) is 12.1. The molecule has 2 atom stereocenters. The van der Waals surface area contributed by atoms with E-state index in [4.69, 9.17) is 17.3 Å². The van der Waals surface area contributed by atoms with Gasteiger partial charge in [-0.3, -0.25) is 4.79 Å². The molecule has 4 N–H and O–H groups in total. The molecule has 5 heteroatoms. The van der Waals surface area contributed by atoms with Gasteiger partial charge in [-0.15, -0.1) is 0 Å². The van der Waals surface area contributed by atoms with Gasteiger partial charge in [-0.2, -0.15) is 0 Å². The van der Waals surface area contributed by atoms with Gasteiger partial charge in [0.05, 0.1) is 6.10 Å². The largest absolute Gasteiger partial charge is 0.390 e. The molecule has 1 aromatic carbocycles. The summed E-state index contributed by atoms with van der Waals surface area (Å²) in [6, 6.07) is 4.49. The average Bonchev–Trinajstić information content (AvgIpc) is 2.27. The quantitative estimate of drug-likeness (QED) is 0.671. The van der Waals surface area contributed by atoms with Gasteiger partial charge >= 0.3 is 0 Å². The number of halogens is 1. The molecule has 88 valence electrons. The number of aldehydes is 1. The summed E-state index contributed by atoms with van der Waals surface area (Å²) in [6.45, 7) is 0.277. The summed E-state index contributed by atoms with van der Waals surface area (Å²) in [4.78, 5) is 10.6. The van der Waals surface area contributed by atoms with Crippen molar-refractivity contribution in [3.05, 3.63) is 34.3 Å². The molecule has 0 amide bonds. The van der Waals surface area contributed by atoms with Crippen molar-refractivity contribution in [1.82, 2.24) is 0 Å². The van der Waals surface area contributed by atoms with E-state index < -0.39 is 12.2 Å². The Bertz CT molecular complexity index is 370. The smallest absolute Gasteiger partial charge is 0.150 e. The van der Waals surface area contributed by atoms with E-state index in [1.54, 1.807) is 0 Å². The third-order valence-electron chi connectivity index (χ3n) is 2.25. The topological polar surface area (TPSA) is 83.6 Å². The lowest BCUT2D eigenvalue weighted by Gasteiger charge is -2.17. The van der Waals surface area contributed by atoms with Crippen LogP contribution < -0.4 is 5.73 Å². The van der Waals surface area contributed by atoms with Crippen LogP contribution in [-0.4, -0.2) is 29.1 Å². The fraction of sp³-hybridized carbons (Fsp3) is 0.364. The molecule has 16 heavy (non-hydrogen) atoms. The van der Waals surface area contributed by atoms with Gasteiger partial charge in [0.25, 0.3) is 0 Å². The number of rotatable bonds is 5. The second kappa shape index (κ2) is 5.96. The van der Waals surface area contributed by atoms with E-state index in [0.29, 0.717) is 22.4 Å². The van der Waals surface area contributed by atoms with Gasteiger partial charge < -0.3 is 15.9 Å². The second-order valence-corrected chi connectivity index (χ2v) is 3.96. The first-order chi connectivity index (χ1) is 7.58. The summed E-state index contributed by atoms with van der Waals surface area (Å²) in [5, 5.41) is 19.7. The van der Waals surface area contributed by atoms with Crippen LogP contribution in [0.2, 0.25) is 5.02 Å².